The molecule has 2 atom stereocenters. The first-order valence-corrected chi connectivity index (χ1v) is 5.59. The fraction of sp³-hybridized carbons (Fsp3) is 0.364. The van der Waals surface area contributed by atoms with E-state index in [2.05, 4.69) is 9.98 Å². The lowest BCUT2D eigenvalue weighted by molar-refractivity contribution is -0.682. The van der Waals surface area contributed by atoms with Crippen LogP contribution in [0.1, 0.15) is 6.42 Å². The fourth-order valence-electron chi connectivity index (χ4n) is 2.42. The lowest BCUT2D eigenvalue weighted by atomic mass is 10.0. The minimum absolute atomic E-state index is 0. The summed E-state index contributed by atoms with van der Waals surface area (Å²) in [7, 11) is 0. The Morgan fingerprint density at radius 1 is 1.56 bits per heavy atom. The molecule has 2 N–H and O–H groups in total. The summed E-state index contributed by atoms with van der Waals surface area (Å²) in [4.78, 5) is 21.9. The second-order valence-electron chi connectivity index (χ2n) is 4.32. The average molecular weight is 269 g/mol. The highest BCUT2D eigenvalue weighted by molar-refractivity contribution is 5.81. The second-order valence-corrected chi connectivity index (χ2v) is 4.32. The van der Waals surface area contributed by atoms with Crippen LogP contribution >= 0.6 is 0 Å². The van der Waals surface area contributed by atoms with Crippen molar-refractivity contribution >= 4 is 18.6 Å². The van der Waals surface area contributed by atoms with Gasteiger partial charge in [-0.05, 0) is 6.42 Å². The van der Waals surface area contributed by atoms with Crippen molar-refractivity contribution in [3.8, 4) is 0 Å². The van der Waals surface area contributed by atoms with Crippen molar-refractivity contribution in [3.05, 3.63) is 23.8 Å². The number of allylic oxidation sites excluding steroid dienone is 1. The summed E-state index contributed by atoms with van der Waals surface area (Å²) in [5.41, 5.74) is 2.03. The molecule has 1 saturated heterocycles. The van der Waals surface area contributed by atoms with Crippen LogP contribution in [0, 0.1) is 5.92 Å². The number of nitrogens with one attached hydrogen (secondary N) is 1. The normalized spacial score (nSPS) is 28.6. The SMILES string of the molecule is O=C(O)N1CCC(C2=C3C=NC=C[NH+]3C=N2)C1.[Cl-]. The van der Waals surface area contributed by atoms with E-state index in [0.29, 0.717) is 13.1 Å². The van der Waals surface area contributed by atoms with E-state index in [0.717, 1.165) is 22.7 Å². The molecule has 96 valence electrons. The van der Waals surface area contributed by atoms with Crippen molar-refractivity contribution < 1.29 is 27.2 Å². The fourth-order valence-corrected chi connectivity index (χ4v) is 2.42. The molecule has 1 fully saturated rings. The Balaban J connectivity index is 0.00000120. The van der Waals surface area contributed by atoms with Gasteiger partial charge in [0.15, 0.2) is 12.0 Å². The van der Waals surface area contributed by atoms with Crippen molar-refractivity contribution in [3.63, 3.8) is 0 Å². The molecule has 3 heterocycles. The second kappa shape index (κ2) is 4.91. The topological polar surface area (TPSA) is 69.7 Å². The van der Waals surface area contributed by atoms with E-state index >= 15 is 0 Å². The number of hydrogen-bond donors (Lipinski definition) is 2. The highest BCUT2D eigenvalue weighted by Crippen LogP contribution is 2.26. The lowest BCUT2D eigenvalue weighted by Crippen LogP contribution is -3.04. The number of quaternary nitrogens is 1. The zero-order chi connectivity index (χ0) is 11.8. The average Bonchev–Trinajstić information content (AvgIpc) is 2.95. The van der Waals surface area contributed by atoms with Crippen LogP contribution in [0.4, 0.5) is 4.79 Å². The third kappa shape index (κ3) is 2.04. The summed E-state index contributed by atoms with van der Waals surface area (Å²) >= 11 is 0. The number of amides is 1. The molecule has 3 aliphatic rings. The minimum atomic E-state index is -0.846. The molecule has 0 aromatic carbocycles. The quantitative estimate of drug-likeness (QED) is 0.523. The predicted octanol–water partition coefficient (Wildman–Crippen LogP) is -3.32. The molecule has 0 aromatic rings. The van der Waals surface area contributed by atoms with Gasteiger partial charge >= 0.3 is 6.09 Å². The third-order valence-corrected chi connectivity index (χ3v) is 3.32. The van der Waals surface area contributed by atoms with Crippen molar-refractivity contribution in [1.82, 2.24) is 4.90 Å². The highest BCUT2D eigenvalue weighted by Gasteiger charge is 2.35. The molecule has 0 aromatic heterocycles. The number of halogens is 1. The van der Waals surface area contributed by atoms with Crippen molar-refractivity contribution in [2.45, 2.75) is 6.42 Å². The van der Waals surface area contributed by atoms with E-state index in [4.69, 9.17) is 5.11 Å². The number of hydrogen-bond acceptors (Lipinski definition) is 3. The maximum Gasteiger partial charge on any atom is 0.407 e. The Bertz CT molecular complexity index is 483. The molecule has 0 bridgehead atoms. The summed E-state index contributed by atoms with van der Waals surface area (Å²) < 4.78 is 0. The summed E-state index contributed by atoms with van der Waals surface area (Å²) in [5, 5.41) is 8.93. The van der Waals surface area contributed by atoms with Crippen LogP contribution < -0.4 is 17.3 Å². The Morgan fingerprint density at radius 2 is 2.39 bits per heavy atom. The monoisotopic (exact) mass is 268 g/mol. The van der Waals surface area contributed by atoms with Crippen LogP contribution in [0.5, 0.6) is 0 Å². The summed E-state index contributed by atoms with van der Waals surface area (Å²) in [6.07, 6.45) is 7.30. The Kier molecular flexibility index (Phi) is 3.49. The Labute approximate surface area is 110 Å². The number of carbonyl (C=O) groups is 1. The van der Waals surface area contributed by atoms with Crippen LogP contribution in [-0.4, -0.2) is 41.7 Å². The minimum Gasteiger partial charge on any atom is -1.00 e. The highest BCUT2D eigenvalue weighted by atomic mass is 35.5. The zero-order valence-corrected chi connectivity index (χ0v) is 10.3. The number of likely N-dealkylation sites (tertiary alicyclic amines) is 1. The van der Waals surface area contributed by atoms with E-state index in [-0.39, 0.29) is 18.3 Å². The molecule has 0 spiro atoms. The van der Waals surface area contributed by atoms with Gasteiger partial charge in [0, 0.05) is 19.0 Å². The molecule has 7 heteroatoms. The van der Waals surface area contributed by atoms with Gasteiger partial charge in [0.25, 0.3) is 0 Å². The first-order valence-electron chi connectivity index (χ1n) is 5.59. The van der Waals surface area contributed by atoms with Crippen LogP contribution in [0.2, 0.25) is 0 Å². The van der Waals surface area contributed by atoms with Crippen LogP contribution in [-0.2, 0) is 0 Å². The molecular formula is C11H13ClN4O2. The Hall–Kier alpha value is -1.66. The van der Waals surface area contributed by atoms with Gasteiger partial charge in [0.1, 0.15) is 11.9 Å². The molecule has 18 heavy (non-hydrogen) atoms. The van der Waals surface area contributed by atoms with Crippen LogP contribution in [0.3, 0.4) is 0 Å². The number of fused-ring (bicyclic) bond motifs is 1. The largest absolute Gasteiger partial charge is 1.00 e. The van der Waals surface area contributed by atoms with Gasteiger partial charge in [-0.25, -0.2) is 14.7 Å². The number of aliphatic imine (C=N–C) groups is 2. The number of rotatable bonds is 1. The van der Waals surface area contributed by atoms with Crippen molar-refractivity contribution in [1.29, 1.82) is 0 Å². The first kappa shape index (κ1) is 12.8. The predicted molar refractivity (Wildman–Crippen MR) is 61.8 cm³/mol. The molecule has 3 aliphatic heterocycles. The lowest BCUT2D eigenvalue weighted by Gasteiger charge is -2.12. The molecule has 1 amide bonds. The maximum absolute atomic E-state index is 10.9. The summed E-state index contributed by atoms with van der Waals surface area (Å²) in [6.45, 7) is 1.13. The van der Waals surface area contributed by atoms with Gasteiger partial charge < -0.3 is 22.4 Å². The molecule has 3 rings (SSSR count). The van der Waals surface area contributed by atoms with Gasteiger partial charge in [-0.15, -0.1) is 0 Å². The third-order valence-electron chi connectivity index (χ3n) is 3.32. The molecule has 0 aliphatic carbocycles. The molecular weight excluding hydrogens is 256 g/mol. The number of nitrogens with zero attached hydrogens (tertiary/aromatic N) is 3. The van der Waals surface area contributed by atoms with Gasteiger partial charge in [-0.2, -0.15) is 0 Å². The van der Waals surface area contributed by atoms with Crippen LogP contribution in [0.15, 0.2) is 33.8 Å². The van der Waals surface area contributed by atoms with E-state index in [1.165, 1.54) is 4.90 Å². The Morgan fingerprint density at radius 3 is 3.11 bits per heavy atom. The summed E-state index contributed by atoms with van der Waals surface area (Å²) in [5.74, 6) is 0.202. The zero-order valence-electron chi connectivity index (χ0n) is 9.58. The molecule has 0 radical (unpaired) electrons. The van der Waals surface area contributed by atoms with Gasteiger partial charge in [-0.3, -0.25) is 4.99 Å². The maximum atomic E-state index is 10.9. The number of carboxylic acid groups (broad SMARTS) is 1. The van der Waals surface area contributed by atoms with E-state index in [9.17, 15) is 4.79 Å². The van der Waals surface area contributed by atoms with E-state index in [1.807, 2.05) is 12.5 Å². The summed E-state index contributed by atoms with van der Waals surface area (Å²) in [6, 6.07) is 0. The van der Waals surface area contributed by atoms with E-state index in [1.54, 1.807) is 12.4 Å². The van der Waals surface area contributed by atoms with Gasteiger partial charge in [-0.1, -0.05) is 0 Å². The van der Waals surface area contributed by atoms with Gasteiger partial charge in [0.05, 0.1) is 12.4 Å². The molecule has 0 saturated carbocycles. The van der Waals surface area contributed by atoms with Crippen LogP contribution in [0.25, 0.3) is 0 Å². The van der Waals surface area contributed by atoms with Crippen molar-refractivity contribution in [2.75, 3.05) is 13.1 Å². The van der Waals surface area contributed by atoms with E-state index < -0.39 is 6.09 Å². The molecule has 6 nitrogen and oxygen atoms in total. The standard InChI is InChI=1S/C11H12N4O2.ClH/c16-11(17)14-3-1-8(6-14)10-9-5-12-2-4-15(9)7-13-10;/h2,4-5,7-8H,1,3,6H2,(H,16,17);1H. The van der Waals surface area contributed by atoms with Gasteiger partial charge in [0.2, 0.25) is 0 Å². The first-order chi connectivity index (χ1) is 8.25. The smallest absolute Gasteiger partial charge is 0.407 e. The van der Waals surface area contributed by atoms with Crippen molar-refractivity contribution in [2.24, 2.45) is 15.9 Å². The molecule has 2 unspecified atom stereocenters.